The van der Waals surface area contributed by atoms with Crippen LogP contribution in [0.1, 0.15) is 55.5 Å². The van der Waals surface area contributed by atoms with Crippen molar-refractivity contribution in [1.29, 1.82) is 0 Å². The van der Waals surface area contributed by atoms with Crippen molar-refractivity contribution in [2.75, 3.05) is 17.1 Å². The van der Waals surface area contributed by atoms with Gasteiger partial charge in [0.1, 0.15) is 0 Å². The number of benzene rings is 2. The lowest BCUT2D eigenvalue weighted by molar-refractivity contribution is 0.0946. The van der Waals surface area contributed by atoms with Crippen LogP contribution in [-0.2, 0) is 16.6 Å². The lowest BCUT2D eigenvalue weighted by Gasteiger charge is -2.22. The molecular formula is C23H31IN2O3S. The fraction of sp³-hybridized carbons (Fsp3) is 0.435. The lowest BCUT2D eigenvalue weighted by Crippen LogP contribution is -2.30. The molecule has 0 bridgehead atoms. The van der Waals surface area contributed by atoms with Crippen molar-refractivity contribution in [1.82, 2.24) is 5.32 Å². The molecule has 1 atom stereocenters. The Kier molecular flexibility index (Phi) is 9.61. The average molecular weight is 542 g/mol. The van der Waals surface area contributed by atoms with Gasteiger partial charge in [0.25, 0.3) is 5.91 Å². The molecule has 0 aliphatic rings. The van der Waals surface area contributed by atoms with Gasteiger partial charge in [-0.1, -0.05) is 45.2 Å². The molecule has 2 aromatic rings. The molecule has 0 radical (unpaired) electrons. The lowest BCUT2D eigenvalue weighted by atomic mass is 9.99. The molecule has 2 aromatic carbocycles. The van der Waals surface area contributed by atoms with E-state index in [2.05, 4.69) is 41.8 Å². The molecule has 0 saturated heterocycles. The van der Waals surface area contributed by atoms with Crippen LogP contribution in [0.2, 0.25) is 0 Å². The van der Waals surface area contributed by atoms with Gasteiger partial charge in [0.2, 0.25) is 10.0 Å². The van der Waals surface area contributed by atoms with Gasteiger partial charge in [-0.15, -0.1) is 0 Å². The van der Waals surface area contributed by atoms with E-state index in [1.54, 1.807) is 24.3 Å². The minimum absolute atomic E-state index is 0.0888. The Morgan fingerprint density at radius 2 is 1.70 bits per heavy atom. The zero-order chi connectivity index (χ0) is 22.1. The zero-order valence-corrected chi connectivity index (χ0v) is 20.9. The summed E-state index contributed by atoms with van der Waals surface area (Å²) in [4.78, 5) is 12.5. The molecule has 1 N–H and O–H groups in total. The average Bonchev–Trinajstić information content (AvgIpc) is 2.72. The highest BCUT2D eigenvalue weighted by molar-refractivity contribution is 14.1. The predicted molar refractivity (Wildman–Crippen MR) is 132 cm³/mol. The molecule has 30 heavy (non-hydrogen) atoms. The largest absolute Gasteiger partial charge is 0.352 e. The van der Waals surface area contributed by atoms with E-state index in [0.29, 0.717) is 23.7 Å². The van der Waals surface area contributed by atoms with Crippen molar-refractivity contribution in [3.05, 3.63) is 63.2 Å². The fourth-order valence-corrected chi connectivity index (χ4v) is 4.46. The molecule has 0 spiro atoms. The SMILES string of the molecule is CCCCC(CC)CNC(=O)c1ccc(CN(c2ccc(I)cc2)S(C)(=O)=O)cc1. The van der Waals surface area contributed by atoms with Gasteiger partial charge in [-0.3, -0.25) is 9.10 Å². The summed E-state index contributed by atoms with van der Waals surface area (Å²) in [5.41, 5.74) is 2.03. The maximum Gasteiger partial charge on any atom is 0.251 e. The molecular weight excluding hydrogens is 511 g/mol. The second-order valence-corrected chi connectivity index (χ2v) is 10.7. The molecule has 1 unspecified atom stereocenters. The highest BCUT2D eigenvalue weighted by atomic mass is 127. The van der Waals surface area contributed by atoms with Crippen LogP contribution in [0.3, 0.4) is 0 Å². The maximum atomic E-state index is 12.5. The van der Waals surface area contributed by atoms with Crippen molar-refractivity contribution in [3.8, 4) is 0 Å². The standard InChI is InChI=1S/C23H31IN2O3S/c1-4-6-7-18(5-2)16-25-23(27)20-10-8-19(9-11-20)17-26(30(3,28)29)22-14-12-21(24)13-15-22/h8-15,18H,4-7,16-17H2,1-3H3,(H,25,27). The van der Waals surface area contributed by atoms with E-state index in [0.717, 1.165) is 22.0 Å². The molecule has 5 nitrogen and oxygen atoms in total. The molecule has 7 heteroatoms. The number of rotatable bonds is 11. The fourth-order valence-electron chi connectivity index (χ4n) is 3.22. The number of sulfonamides is 1. The highest BCUT2D eigenvalue weighted by Crippen LogP contribution is 2.22. The number of nitrogens with zero attached hydrogens (tertiary/aromatic N) is 1. The Labute approximate surface area is 194 Å². The Bertz CT molecular complexity index is 912. The summed E-state index contributed by atoms with van der Waals surface area (Å²) in [7, 11) is -3.43. The summed E-state index contributed by atoms with van der Waals surface area (Å²) in [5.74, 6) is 0.416. The number of unbranched alkanes of at least 4 members (excludes halogenated alkanes) is 1. The first kappa shape index (κ1) is 24.7. The smallest absolute Gasteiger partial charge is 0.251 e. The molecule has 0 aliphatic carbocycles. The summed E-state index contributed by atoms with van der Waals surface area (Å²) >= 11 is 2.19. The third-order valence-corrected chi connectivity index (χ3v) is 7.01. The third kappa shape index (κ3) is 7.58. The predicted octanol–water partition coefficient (Wildman–Crippen LogP) is 5.20. The van der Waals surface area contributed by atoms with E-state index in [1.807, 2.05) is 24.3 Å². The van der Waals surface area contributed by atoms with E-state index < -0.39 is 10.0 Å². The van der Waals surface area contributed by atoms with E-state index in [9.17, 15) is 13.2 Å². The first-order valence-electron chi connectivity index (χ1n) is 10.3. The van der Waals surface area contributed by atoms with Crippen LogP contribution in [0.15, 0.2) is 48.5 Å². The second kappa shape index (κ2) is 11.7. The number of carbonyl (C=O) groups is 1. The van der Waals surface area contributed by atoms with Gasteiger partial charge in [-0.25, -0.2) is 8.42 Å². The van der Waals surface area contributed by atoms with Crippen molar-refractivity contribution in [2.24, 2.45) is 5.92 Å². The van der Waals surface area contributed by atoms with Gasteiger partial charge in [0, 0.05) is 15.7 Å². The van der Waals surface area contributed by atoms with Crippen molar-refractivity contribution in [2.45, 2.75) is 46.1 Å². The van der Waals surface area contributed by atoms with E-state index in [-0.39, 0.29) is 12.5 Å². The Hall–Kier alpha value is -1.61. The van der Waals surface area contributed by atoms with Crippen molar-refractivity contribution in [3.63, 3.8) is 0 Å². The van der Waals surface area contributed by atoms with Crippen molar-refractivity contribution < 1.29 is 13.2 Å². The molecule has 0 fully saturated rings. The van der Waals surface area contributed by atoms with Crippen LogP contribution in [0.25, 0.3) is 0 Å². The van der Waals surface area contributed by atoms with Crippen LogP contribution in [0, 0.1) is 9.49 Å². The Balaban J connectivity index is 2.04. The number of amides is 1. The van der Waals surface area contributed by atoms with E-state index in [4.69, 9.17) is 0 Å². The molecule has 164 valence electrons. The first-order chi connectivity index (χ1) is 14.2. The van der Waals surface area contributed by atoms with Gasteiger partial charge in [-0.2, -0.15) is 0 Å². The summed E-state index contributed by atoms with van der Waals surface area (Å²) in [6, 6.07) is 14.5. The summed E-state index contributed by atoms with van der Waals surface area (Å²) in [6.07, 6.45) is 5.74. The first-order valence-corrected chi connectivity index (χ1v) is 13.3. The van der Waals surface area contributed by atoms with Gasteiger partial charge in [0.05, 0.1) is 18.5 Å². The minimum atomic E-state index is -3.43. The molecule has 0 heterocycles. The van der Waals surface area contributed by atoms with Gasteiger partial charge >= 0.3 is 0 Å². The van der Waals surface area contributed by atoms with E-state index in [1.165, 1.54) is 23.4 Å². The number of carbonyl (C=O) groups excluding carboxylic acids is 1. The number of halogens is 1. The molecule has 1 amide bonds. The highest BCUT2D eigenvalue weighted by Gasteiger charge is 2.18. The van der Waals surface area contributed by atoms with Crippen molar-refractivity contribution >= 4 is 44.2 Å². The van der Waals surface area contributed by atoms with E-state index >= 15 is 0 Å². The monoisotopic (exact) mass is 542 g/mol. The van der Waals surface area contributed by atoms with Crippen LogP contribution < -0.4 is 9.62 Å². The maximum absolute atomic E-state index is 12.5. The van der Waals surface area contributed by atoms with Gasteiger partial charge < -0.3 is 5.32 Å². The molecule has 0 aromatic heterocycles. The second-order valence-electron chi connectivity index (χ2n) is 7.57. The number of anilines is 1. The quantitative estimate of drug-likeness (QED) is 0.397. The Morgan fingerprint density at radius 1 is 1.07 bits per heavy atom. The molecule has 2 rings (SSSR count). The van der Waals surface area contributed by atoms with Crippen LogP contribution in [0.4, 0.5) is 5.69 Å². The van der Waals surface area contributed by atoms with Crippen LogP contribution >= 0.6 is 22.6 Å². The number of hydrogen-bond acceptors (Lipinski definition) is 3. The minimum Gasteiger partial charge on any atom is -0.352 e. The number of hydrogen-bond donors (Lipinski definition) is 1. The normalized spacial score (nSPS) is 12.4. The number of nitrogens with one attached hydrogen (secondary N) is 1. The van der Waals surface area contributed by atoms with Gasteiger partial charge in [-0.05, 0) is 76.9 Å². The zero-order valence-electron chi connectivity index (χ0n) is 17.9. The molecule has 0 saturated carbocycles. The topological polar surface area (TPSA) is 66.5 Å². The summed E-state index contributed by atoms with van der Waals surface area (Å²) in [6.45, 7) is 5.24. The third-order valence-electron chi connectivity index (χ3n) is 5.15. The summed E-state index contributed by atoms with van der Waals surface area (Å²) < 4.78 is 27.0. The van der Waals surface area contributed by atoms with Gasteiger partial charge in [0.15, 0.2) is 0 Å². The molecule has 0 aliphatic heterocycles. The van der Waals surface area contributed by atoms with Crippen LogP contribution in [0.5, 0.6) is 0 Å². The Morgan fingerprint density at radius 3 is 2.23 bits per heavy atom. The summed E-state index contributed by atoms with van der Waals surface area (Å²) in [5, 5.41) is 3.03. The van der Waals surface area contributed by atoms with Crippen LogP contribution in [-0.4, -0.2) is 27.1 Å².